The van der Waals surface area contributed by atoms with Crippen molar-refractivity contribution in [2.24, 2.45) is 0 Å². The number of benzene rings is 3. The van der Waals surface area contributed by atoms with Gasteiger partial charge in [-0.2, -0.15) is 0 Å². The minimum Gasteiger partial charge on any atom is -0.298 e. The maximum absolute atomic E-state index is 12.2. The number of hydrazine groups is 1. The SMILES string of the molecule is O=C(C=Cc1ccccc1)NC(=S)NNC(=O)c1ccc(-c2ccccc2)cc1. The van der Waals surface area contributed by atoms with E-state index in [0.29, 0.717) is 5.56 Å². The Labute approximate surface area is 174 Å². The third kappa shape index (κ3) is 6.12. The molecule has 3 aromatic rings. The molecular weight excluding hydrogens is 382 g/mol. The highest BCUT2D eigenvalue weighted by Gasteiger charge is 2.07. The van der Waals surface area contributed by atoms with E-state index in [2.05, 4.69) is 16.2 Å². The van der Waals surface area contributed by atoms with Gasteiger partial charge >= 0.3 is 0 Å². The Balaban J connectivity index is 1.48. The topological polar surface area (TPSA) is 70.2 Å². The number of carbonyl (C=O) groups excluding carboxylic acids is 2. The molecule has 0 bridgehead atoms. The molecule has 3 aromatic carbocycles. The molecule has 0 aliphatic carbocycles. The minimum atomic E-state index is -0.396. The molecule has 0 fully saturated rings. The van der Waals surface area contributed by atoms with Gasteiger partial charge in [-0.1, -0.05) is 72.8 Å². The van der Waals surface area contributed by atoms with Crippen LogP contribution >= 0.6 is 12.2 Å². The van der Waals surface area contributed by atoms with Gasteiger partial charge in [-0.15, -0.1) is 0 Å². The zero-order valence-electron chi connectivity index (χ0n) is 15.5. The lowest BCUT2D eigenvalue weighted by molar-refractivity contribution is -0.115. The monoisotopic (exact) mass is 401 g/mol. The van der Waals surface area contributed by atoms with Crippen LogP contribution in [-0.4, -0.2) is 16.9 Å². The van der Waals surface area contributed by atoms with Crippen molar-refractivity contribution in [1.29, 1.82) is 0 Å². The molecule has 0 saturated heterocycles. The minimum absolute atomic E-state index is 0.00182. The van der Waals surface area contributed by atoms with Gasteiger partial charge in [0.1, 0.15) is 0 Å². The van der Waals surface area contributed by atoms with Gasteiger partial charge < -0.3 is 0 Å². The second kappa shape index (κ2) is 9.96. The average Bonchev–Trinajstić information content (AvgIpc) is 2.77. The summed E-state index contributed by atoms with van der Waals surface area (Å²) in [7, 11) is 0. The van der Waals surface area contributed by atoms with Crippen LogP contribution in [0.25, 0.3) is 17.2 Å². The van der Waals surface area contributed by atoms with Crippen molar-refractivity contribution < 1.29 is 9.59 Å². The highest BCUT2D eigenvalue weighted by molar-refractivity contribution is 7.80. The van der Waals surface area contributed by atoms with E-state index >= 15 is 0 Å². The van der Waals surface area contributed by atoms with Crippen LogP contribution in [0.3, 0.4) is 0 Å². The normalized spacial score (nSPS) is 10.3. The third-order valence-corrected chi connectivity index (χ3v) is 4.21. The molecule has 0 spiro atoms. The summed E-state index contributed by atoms with van der Waals surface area (Å²) in [6.45, 7) is 0. The van der Waals surface area contributed by atoms with E-state index in [1.807, 2.05) is 72.8 Å². The van der Waals surface area contributed by atoms with E-state index < -0.39 is 5.91 Å². The van der Waals surface area contributed by atoms with Gasteiger partial charge in [-0.25, -0.2) is 0 Å². The van der Waals surface area contributed by atoms with Crippen LogP contribution < -0.4 is 16.2 Å². The maximum Gasteiger partial charge on any atom is 0.269 e. The lowest BCUT2D eigenvalue weighted by Gasteiger charge is -2.10. The Kier molecular flexibility index (Phi) is 6.86. The third-order valence-electron chi connectivity index (χ3n) is 4.01. The Bertz CT molecular complexity index is 1020. The predicted molar refractivity (Wildman–Crippen MR) is 119 cm³/mol. The zero-order chi connectivity index (χ0) is 20.5. The first-order chi connectivity index (χ1) is 14.1. The van der Waals surface area contributed by atoms with Gasteiger partial charge in [0.05, 0.1) is 0 Å². The largest absolute Gasteiger partial charge is 0.298 e. The molecule has 0 aliphatic rings. The Morgan fingerprint density at radius 3 is 1.97 bits per heavy atom. The first-order valence-electron chi connectivity index (χ1n) is 8.92. The van der Waals surface area contributed by atoms with Crippen molar-refractivity contribution in [1.82, 2.24) is 16.2 Å². The summed E-state index contributed by atoms with van der Waals surface area (Å²) in [5.74, 6) is -0.756. The number of carbonyl (C=O) groups is 2. The number of rotatable bonds is 4. The fraction of sp³-hybridized carbons (Fsp3) is 0. The molecule has 3 rings (SSSR count). The van der Waals surface area contributed by atoms with Crippen LogP contribution in [0.4, 0.5) is 0 Å². The molecular formula is C23H19N3O2S. The van der Waals surface area contributed by atoms with Gasteiger partial charge in [0, 0.05) is 11.6 Å². The van der Waals surface area contributed by atoms with Crippen LogP contribution in [0.5, 0.6) is 0 Å². The molecule has 29 heavy (non-hydrogen) atoms. The van der Waals surface area contributed by atoms with E-state index in [1.165, 1.54) is 6.08 Å². The maximum atomic E-state index is 12.2. The van der Waals surface area contributed by atoms with E-state index in [4.69, 9.17) is 12.2 Å². The second-order valence-corrected chi connectivity index (χ2v) is 6.49. The van der Waals surface area contributed by atoms with Gasteiger partial charge in [-0.05, 0) is 47.1 Å². The van der Waals surface area contributed by atoms with Crippen molar-refractivity contribution in [2.75, 3.05) is 0 Å². The quantitative estimate of drug-likeness (QED) is 0.354. The molecule has 2 amide bonds. The number of hydrogen-bond acceptors (Lipinski definition) is 3. The standard InChI is InChI=1S/C23H19N3O2S/c27-21(16-11-17-7-3-1-4-8-17)24-23(29)26-25-22(28)20-14-12-19(13-15-20)18-9-5-2-6-10-18/h1-16H,(H,25,28)(H2,24,26,27,29). The van der Waals surface area contributed by atoms with E-state index in [0.717, 1.165) is 16.7 Å². The molecule has 0 atom stereocenters. The van der Waals surface area contributed by atoms with Crippen molar-refractivity contribution in [3.05, 3.63) is 102 Å². The summed E-state index contributed by atoms with van der Waals surface area (Å²) < 4.78 is 0. The molecule has 0 aromatic heterocycles. The molecule has 0 radical (unpaired) electrons. The molecule has 0 unspecified atom stereocenters. The van der Waals surface area contributed by atoms with E-state index in [9.17, 15) is 9.59 Å². The summed E-state index contributed by atoms with van der Waals surface area (Å²) in [6, 6.07) is 26.5. The number of thiocarbonyl (C=S) groups is 1. The Morgan fingerprint density at radius 2 is 1.31 bits per heavy atom. The molecule has 0 saturated carbocycles. The van der Waals surface area contributed by atoms with Crippen LogP contribution in [0.2, 0.25) is 0 Å². The Hall–Kier alpha value is -3.77. The summed E-state index contributed by atoms with van der Waals surface area (Å²) in [5.41, 5.74) is 8.45. The predicted octanol–water partition coefficient (Wildman–Crippen LogP) is 3.70. The van der Waals surface area contributed by atoms with E-state index in [-0.39, 0.29) is 11.0 Å². The lowest BCUT2D eigenvalue weighted by Crippen LogP contribution is -2.48. The number of nitrogens with one attached hydrogen (secondary N) is 3. The first kappa shape index (κ1) is 20.0. The van der Waals surface area contributed by atoms with Crippen molar-refractivity contribution in [3.8, 4) is 11.1 Å². The molecule has 3 N–H and O–H groups in total. The Morgan fingerprint density at radius 1 is 0.724 bits per heavy atom. The van der Waals surface area contributed by atoms with Crippen LogP contribution in [0.1, 0.15) is 15.9 Å². The fourth-order valence-corrected chi connectivity index (χ4v) is 2.70. The van der Waals surface area contributed by atoms with Gasteiger partial charge in [0.25, 0.3) is 5.91 Å². The summed E-state index contributed by atoms with van der Waals surface area (Å²) in [4.78, 5) is 24.1. The molecule has 0 heterocycles. The summed E-state index contributed by atoms with van der Waals surface area (Å²) >= 11 is 5.02. The zero-order valence-corrected chi connectivity index (χ0v) is 16.3. The van der Waals surface area contributed by atoms with Crippen molar-refractivity contribution in [3.63, 3.8) is 0 Å². The second-order valence-electron chi connectivity index (χ2n) is 6.08. The van der Waals surface area contributed by atoms with Crippen LogP contribution in [-0.2, 0) is 4.79 Å². The van der Waals surface area contributed by atoms with Crippen molar-refractivity contribution in [2.45, 2.75) is 0 Å². The average molecular weight is 401 g/mol. The van der Waals surface area contributed by atoms with Gasteiger partial charge in [-0.3, -0.25) is 25.8 Å². The van der Waals surface area contributed by atoms with Crippen molar-refractivity contribution >= 4 is 35.2 Å². The first-order valence-corrected chi connectivity index (χ1v) is 9.32. The molecule has 0 aliphatic heterocycles. The lowest BCUT2D eigenvalue weighted by atomic mass is 10.0. The van der Waals surface area contributed by atoms with Crippen LogP contribution in [0, 0.1) is 0 Å². The fourth-order valence-electron chi connectivity index (χ4n) is 2.55. The molecule has 5 nitrogen and oxygen atoms in total. The van der Waals surface area contributed by atoms with E-state index in [1.54, 1.807) is 18.2 Å². The molecule has 6 heteroatoms. The number of hydrogen-bond donors (Lipinski definition) is 3. The highest BCUT2D eigenvalue weighted by atomic mass is 32.1. The van der Waals surface area contributed by atoms with Gasteiger partial charge in [0.2, 0.25) is 5.91 Å². The molecule has 144 valence electrons. The summed E-state index contributed by atoms with van der Waals surface area (Å²) in [5, 5.41) is 2.47. The smallest absolute Gasteiger partial charge is 0.269 e. The highest BCUT2D eigenvalue weighted by Crippen LogP contribution is 2.19. The number of amides is 2. The summed E-state index contributed by atoms with van der Waals surface area (Å²) in [6.07, 6.45) is 3.04. The van der Waals surface area contributed by atoms with Crippen LogP contribution in [0.15, 0.2) is 91.0 Å². The van der Waals surface area contributed by atoms with Gasteiger partial charge in [0.15, 0.2) is 5.11 Å².